The van der Waals surface area contributed by atoms with Gasteiger partial charge in [-0.25, -0.2) is 13.4 Å². The van der Waals surface area contributed by atoms with Gasteiger partial charge in [0.25, 0.3) is 5.91 Å². The highest BCUT2D eigenvalue weighted by atomic mass is 32.2. The van der Waals surface area contributed by atoms with Gasteiger partial charge >= 0.3 is 0 Å². The number of rotatable bonds is 4. The zero-order chi connectivity index (χ0) is 18.0. The van der Waals surface area contributed by atoms with Gasteiger partial charge in [0.15, 0.2) is 9.84 Å². The van der Waals surface area contributed by atoms with Crippen LogP contribution in [0.2, 0.25) is 0 Å². The molecule has 1 amide bonds. The molecule has 2 aromatic carbocycles. The molecule has 0 aliphatic carbocycles. The van der Waals surface area contributed by atoms with Crippen LogP contribution >= 0.6 is 0 Å². The summed E-state index contributed by atoms with van der Waals surface area (Å²) in [5, 5.41) is 2.81. The zero-order valence-electron chi connectivity index (χ0n) is 13.8. The van der Waals surface area contributed by atoms with E-state index in [1.807, 2.05) is 36.0 Å². The molecule has 0 bridgehead atoms. The number of hydrogen-bond donors (Lipinski definition) is 1. The number of hydrogen-bond acceptors (Lipinski definition) is 4. The Morgan fingerprint density at radius 1 is 1.12 bits per heavy atom. The second-order valence-corrected chi connectivity index (χ2v) is 7.71. The molecule has 0 saturated carbocycles. The molecule has 25 heavy (non-hydrogen) atoms. The number of nitrogens with one attached hydrogen (secondary N) is 1. The molecule has 7 heteroatoms. The number of carbonyl (C=O) groups excluding carboxylic acids is 1. The molecule has 0 radical (unpaired) electrons. The van der Waals surface area contributed by atoms with E-state index in [-0.39, 0.29) is 10.8 Å². The van der Waals surface area contributed by atoms with Gasteiger partial charge in [0.2, 0.25) is 0 Å². The van der Waals surface area contributed by atoms with Gasteiger partial charge in [0.05, 0.1) is 4.90 Å². The summed E-state index contributed by atoms with van der Waals surface area (Å²) in [5.41, 5.74) is 1.91. The van der Waals surface area contributed by atoms with Crippen LogP contribution in [-0.2, 0) is 16.9 Å². The molecule has 0 atom stereocenters. The number of nitrogens with zero attached hydrogens (tertiary/aromatic N) is 2. The number of imidazole rings is 1. The molecule has 3 rings (SSSR count). The Morgan fingerprint density at radius 2 is 1.84 bits per heavy atom. The van der Waals surface area contributed by atoms with Crippen molar-refractivity contribution < 1.29 is 13.2 Å². The van der Waals surface area contributed by atoms with Crippen molar-refractivity contribution in [2.45, 2.75) is 4.90 Å². The van der Waals surface area contributed by atoms with Crippen molar-refractivity contribution in [3.05, 3.63) is 66.5 Å². The summed E-state index contributed by atoms with van der Waals surface area (Å²) in [6.07, 6.45) is 4.69. The SMILES string of the molecule is Cn1ccnc1-c1cccc(NC(=O)c2ccc(S(C)(=O)=O)cc2)c1. The van der Waals surface area contributed by atoms with Crippen molar-refractivity contribution in [1.29, 1.82) is 0 Å². The average molecular weight is 355 g/mol. The average Bonchev–Trinajstić information content (AvgIpc) is 3.00. The van der Waals surface area contributed by atoms with Crippen LogP contribution in [0.5, 0.6) is 0 Å². The quantitative estimate of drug-likeness (QED) is 0.780. The van der Waals surface area contributed by atoms with Crippen LogP contribution in [0.25, 0.3) is 11.4 Å². The zero-order valence-corrected chi connectivity index (χ0v) is 14.6. The number of anilines is 1. The second-order valence-electron chi connectivity index (χ2n) is 5.69. The lowest BCUT2D eigenvalue weighted by Crippen LogP contribution is -2.12. The third-order valence-corrected chi connectivity index (χ3v) is 4.87. The van der Waals surface area contributed by atoms with E-state index in [4.69, 9.17) is 0 Å². The molecule has 0 fully saturated rings. The van der Waals surface area contributed by atoms with Crippen LogP contribution in [-0.4, -0.2) is 30.1 Å². The number of benzene rings is 2. The van der Waals surface area contributed by atoms with Crippen LogP contribution in [0, 0.1) is 0 Å². The molecule has 1 N–H and O–H groups in total. The number of aromatic nitrogens is 2. The first-order valence-electron chi connectivity index (χ1n) is 7.54. The largest absolute Gasteiger partial charge is 0.334 e. The Hall–Kier alpha value is -2.93. The van der Waals surface area contributed by atoms with Gasteiger partial charge in [-0.05, 0) is 36.4 Å². The Kier molecular flexibility index (Phi) is 4.41. The smallest absolute Gasteiger partial charge is 0.255 e. The Balaban J connectivity index is 1.81. The van der Waals surface area contributed by atoms with Crippen molar-refractivity contribution in [1.82, 2.24) is 9.55 Å². The summed E-state index contributed by atoms with van der Waals surface area (Å²) in [6.45, 7) is 0. The van der Waals surface area contributed by atoms with Crippen LogP contribution in [0.15, 0.2) is 65.8 Å². The highest BCUT2D eigenvalue weighted by molar-refractivity contribution is 7.90. The summed E-state index contributed by atoms with van der Waals surface area (Å²) < 4.78 is 24.8. The lowest BCUT2D eigenvalue weighted by atomic mass is 10.1. The van der Waals surface area contributed by atoms with Crippen molar-refractivity contribution in [2.24, 2.45) is 7.05 Å². The Labute approximate surface area is 146 Å². The number of aryl methyl sites for hydroxylation is 1. The van der Waals surface area contributed by atoms with E-state index in [1.165, 1.54) is 24.3 Å². The normalized spacial score (nSPS) is 11.3. The molecule has 3 aromatic rings. The van der Waals surface area contributed by atoms with Crippen LogP contribution in [0.1, 0.15) is 10.4 Å². The van der Waals surface area contributed by atoms with Gasteiger partial charge in [-0.2, -0.15) is 0 Å². The first kappa shape index (κ1) is 16.9. The van der Waals surface area contributed by atoms with Crippen molar-refractivity contribution in [2.75, 3.05) is 11.6 Å². The number of sulfone groups is 1. The molecule has 1 heterocycles. The fraction of sp³-hybridized carbons (Fsp3) is 0.111. The molecular formula is C18H17N3O3S. The van der Waals surface area contributed by atoms with Gasteiger partial charge in [0.1, 0.15) is 5.82 Å². The van der Waals surface area contributed by atoms with Crippen molar-refractivity contribution in [3.8, 4) is 11.4 Å². The van der Waals surface area contributed by atoms with Gasteiger partial charge in [-0.15, -0.1) is 0 Å². The Morgan fingerprint density at radius 3 is 2.44 bits per heavy atom. The predicted molar refractivity (Wildman–Crippen MR) is 96.1 cm³/mol. The molecule has 0 aliphatic heterocycles. The predicted octanol–water partition coefficient (Wildman–Crippen LogP) is 2.74. The Bertz CT molecular complexity index is 1020. The number of amides is 1. The number of carbonyl (C=O) groups is 1. The monoisotopic (exact) mass is 355 g/mol. The highest BCUT2D eigenvalue weighted by Gasteiger charge is 2.11. The third kappa shape index (κ3) is 3.77. The van der Waals surface area contributed by atoms with Crippen LogP contribution in [0.4, 0.5) is 5.69 Å². The molecule has 0 aliphatic rings. The highest BCUT2D eigenvalue weighted by Crippen LogP contribution is 2.21. The molecule has 6 nitrogen and oxygen atoms in total. The first-order chi connectivity index (χ1) is 11.8. The molecular weight excluding hydrogens is 338 g/mol. The van der Waals surface area contributed by atoms with Gasteiger partial charge in [0, 0.05) is 42.5 Å². The van der Waals surface area contributed by atoms with Crippen LogP contribution < -0.4 is 5.32 Å². The summed E-state index contributed by atoms with van der Waals surface area (Å²) in [5.74, 6) is 0.491. The van der Waals surface area contributed by atoms with E-state index in [0.717, 1.165) is 17.6 Å². The summed E-state index contributed by atoms with van der Waals surface area (Å²) >= 11 is 0. The maximum absolute atomic E-state index is 12.4. The molecule has 0 unspecified atom stereocenters. The fourth-order valence-corrected chi connectivity index (χ4v) is 3.07. The minimum atomic E-state index is -3.28. The van der Waals surface area contributed by atoms with Gasteiger partial charge in [-0.3, -0.25) is 4.79 Å². The summed E-state index contributed by atoms with van der Waals surface area (Å²) in [6, 6.07) is 13.2. The van der Waals surface area contributed by atoms with E-state index >= 15 is 0 Å². The summed E-state index contributed by atoms with van der Waals surface area (Å²) in [7, 11) is -1.38. The minimum Gasteiger partial charge on any atom is -0.334 e. The van der Waals surface area contributed by atoms with E-state index in [1.54, 1.807) is 12.3 Å². The van der Waals surface area contributed by atoms with E-state index < -0.39 is 9.84 Å². The van der Waals surface area contributed by atoms with Gasteiger partial charge < -0.3 is 9.88 Å². The maximum Gasteiger partial charge on any atom is 0.255 e. The maximum atomic E-state index is 12.4. The fourth-order valence-electron chi connectivity index (χ4n) is 2.44. The van der Waals surface area contributed by atoms with E-state index in [9.17, 15) is 13.2 Å². The van der Waals surface area contributed by atoms with Crippen LogP contribution in [0.3, 0.4) is 0 Å². The standard InChI is InChI=1S/C18H17N3O3S/c1-21-11-10-19-17(21)14-4-3-5-15(12-14)20-18(22)13-6-8-16(9-7-13)25(2,23)24/h3-12H,1-2H3,(H,20,22). The topological polar surface area (TPSA) is 81.1 Å². The minimum absolute atomic E-state index is 0.181. The van der Waals surface area contributed by atoms with Gasteiger partial charge in [-0.1, -0.05) is 12.1 Å². The first-order valence-corrected chi connectivity index (χ1v) is 9.43. The molecule has 128 valence electrons. The lowest BCUT2D eigenvalue weighted by molar-refractivity contribution is 0.102. The van der Waals surface area contributed by atoms with E-state index in [2.05, 4.69) is 10.3 Å². The molecule has 0 spiro atoms. The summed E-state index contributed by atoms with van der Waals surface area (Å²) in [4.78, 5) is 16.8. The molecule has 1 aromatic heterocycles. The third-order valence-electron chi connectivity index (χ3n) is 3.74. The van der Waals surface area contributed by atoms with Crippen molar-refractivity contribution in [3.63, 3.8) is 0 Å². The second kappa shape index (κ2) is 6.52. The van der Waals surface area contributed by atoms with E-state index in [0.29, 0.717) is 11.3 Å². The van der Waals surface area contributed by atoms with Crippen molar-refractivity contribution >= 4 is 21.4 Å². The molecule has 0 saturated heterocycles. The lowest BCUT2D eigenvalue weighted by Gasteiger charge is -2.08.